The zero-order valence-electron chi connectivity index (χ0n) is 20.6. The van der Waals surface area contributed by atoms with Gasteiger partial charge in [0.05, 0.1) is 18.3 Å². The summed E-state index contributed by atoms with van der Waals surface area (Å²) in [5.41, 5.74) is 3.30. The van der Waals surface area contributed by atoms with Crippen molar-refractivity contribution in [3.05, 3.63) is 60.3 Å². The summed E-state index contributed by atoms with van der Waals surface area (Å²) in [5.74, 6) is 0.842. The average Bonchev–Trinajstić information content (AvgIpc) is 2.88. The molecule has 2 aromatic heterocycles. The minimum Gasteiger partial charge on any atom is -0.497 e. The maximum atomic E-state index is 11.6. The van der Waals surface area contributed by atoms with Crippen molar-refractivity contribution in [3.63, 3.8) is 0 Å². The number of carbonyl (C=O) groups is 1. The molecular formula is C28H36N4O3. The number of nitrogens with zero attached hydrogens (tertiary/aromatic N) is 4. The molecule has 186 valence electrons. The van der Waals surface area contributed by atoms with Gasteiger partial charge in [0.25, 0.3) is 0 Å². The first-order valence-electron chi connectivity index (χ1n) is 12.7. The number of hydrogen-bond donors (Lipinski definition) is 1. The van der Waals surface area contributed by atoms with Crippen LogP contribution in [0.3, 0.4) is 0 Å². The normalized spacial score (nSPS) is 18.5. The van der Waals surface area contributed by atoms with Gasteiger partial charge in [-0.25, -0.2) is 0 Å². The lowest BCUT2D eigenvalue weighted by molar-refractivity contribution is -0.139. The first kappa shape index (κ1) is 25.0. The number of carboxylic acid groups (broad SMARTS) is 1. The van der Waals surface area contributed by atoms with E-state index in [-0.39, 0.29) is 12.3 Å². The molecule has 1 saturated heterocycles. The molecule has 0 aliphatic carbocycles. The van der Waals surface area contributed by atoms with Crippen LogP contribution in [0.2, 0.25) is 0 Å². The van der Waals surface area contributed by atoms with Gasteiger partial charge in [0.15, 0.2) is 0 Å². The van der Waals surface area contributed by atoms with Gasteiger partial charge in [-0.15, -0.1) is 0 Å². The van der Waals surface area contributed by atoms with Gasteiger partial charge in [-0.2, -0.15) is 0 Å². The molecule has 1 aromatic carbocycles. The predicted octanol–water partition coefficient (Wildman–Crippen LogP) is 4.79. The van der Waals surface area contributed by atoms with E-state index >= 15 is 0 Å². The number of unbranched alkanes of at least 4 members (excludes halogenated alkanes) is 1. The van der Waals surface area contributed by atoms with Crippen LogP contribution in [0, 0.1) is 11.8 Å². The maximum absolute atomic E-state index is 11.6. The molecule has 1 fully saturated rings. The van der Waals surface area contributed by atoms with Crippen LogP contribution < -0.4 is 4.74 Å². The van der Waals surface area contributed by atoms with Crippen molar-refractivity contribution in [3.8, 4) is 5.75 Å². The number of aryl methyl sites for hydroxylation is 2. The number of pyridine rings is 1. The molecule has 0 unspecified atom stereocenters. The zero-order chi connectivity index (χ0) is 24.5. The third-order valence-electron chi connectivity index (χ3n) is 7.25. The third kappa shape index (κ3) is 7.21. The number of piperidine rings is 1. The number of methoxy groups -OCH3 is 1. The first-order valence-corrected chi connectivity index (χ1v) is 12.7. The first-order chi connectivity index (χ1) is 17.1. The van der Waals surface area contributed by atoms with E-state index in [2.05, 4.69) is 32.0 Å². The Balaban J connectivity index is 1.27. The van der Waals surface area contributed by atoms with Gasteiger partial charge < -0.3 is 14.7 Å². The Morgan fingerprint density at radius 2 is 2.00 bits per heavy atom. The van der Waals surface area contributed by atoms with Gasteiger partial charge in [0, 0.05) is 43.1 Å². The minimum atomic E-state index is -0.684. The fraction of sp³-hybridized carbons (Fsp3) is 0.500. The molecule has 1 aliphatic rings. The molecule has 0 spiro atoms. The number of benzene rings is 1. The summed E-state index contributed by atoms with van der Waals surface area (Å²) in [6.07, 6.45) is 14.7. The molecule has 1 N–H and O–H groups in total. The van der Waals surface area contributed by atoms with Gasteiger partial charge >= 0.3 is 5.97 Å². The highest BCUT2D eigenvalue weighted by Crippen LogP contribution is 2.32. The van der Waals surface area contributed by atoms with Crippen LogP contribution in [0.1, 0.15) is 49.8 Å². The molecule has 0 radical (unpaired) electrons. The second kappa shape index (κ2) is 12.6. The molecule has 0 saturated carbocycles. The Morgan fingerprint density at radius 1 is 1.09 bits per heavy atom. The van der Waals surface area contributed by atoms with E-state index in [1.807, 2.05) is 24.5 Å². The number of aliphatic carboxylic acids is 1. The number of likely N-dealkylation sites (tertiary alicyclic amines) is 1. The number of carboxylic acids is 1. The molecule has 7 nitrogen and oxygen atoms in total. The van der Waals surface area contributed by atoms with Gasteiger partial charge in [-0.3, -0.25) is 19.7 Å². The Labute approximate surface area is 207 Å². The second-order valence-corrected chi connectivity index (χ2v) is 9.61. The molecule has 4 rings (SSSR count). The van der Waals surface area contributed by atoms with Crippen molar-refractivity contribution in [2.24, 2.45) is 11.8 Å². The summed E-state index contributed by atoms with van der Waals surface area (Å²) in [4.78, 5) is 27.0. The van der Waals surface area contributed by atoms with Crippen LogP contribution in [0.25, 0.3) is 10.9 Å². The number of aromatic nitrogens is 3. The lowest BCUT2D eigenvalue weighted by Crippen LogP contribution is -2.41. The van der Waals surface area contributed by atoms with E-state index in [9.17, 15) is 9.90 Å². The van der Waals surface area contributed by atoms with Crippen molar-refractivity contribution in [1.82, 2.24) is 19.9 Å². The largest absolute Gasteiger partial charge is 0.497 e. The van der Waals surface area contributed by atoms with Gasteiger partial charge in [-0.1, -0.05) is 0 Å². The molecule has 0 amide bonds. The van der Waals surface area contributed by atoms with Crippen molar-refractivity contribution >= 4 is 16.9 Å². The fourth-order valence-corrected chi connectivity index (χ4v) is 5.38. The number of hydrogen-bond acceptors (Lipinski definition) is 6. The van der Waals surface area contributed by atoms with E-state index < -0.39 is 5.97 Å². The highest BCUT2D eigenvalue weighted by molar-refractivity contribution is 5.83. The number of ether oxygens (including phenoxy) is 1. The van der Waals surface area contributed by atoms with Crippen LogP contribution in [0.5, 0.6) is 5.75 Å². The Morgan fingerprint density at radius 3 is 2.80 bits per heavy atom. The van der Waals surface area contributed by atoms with Crippen LogP contribution in [0.15, 0.2) is 49.1 Å². The maximum Gasteiger partial charge on any atom is 0.303 e. The van der Waals surface area contributed by atoms with E-state index in [4.69, 9.17) is 4.74 Å². The molecular weight excluding hydrogens is 440 g/mol. The molecule has 1 aliphatic heterocycles. The number of rotatable bonds is 12. The van der Waals surface area contributed by atoms with Crippen molar-refractivity contribution in [2.75, 3.05) is 26.7 Å². The highest BCUT2D eigenvalue weighted by Gasteiger charge is 2.30. The van der Waals surface area contributed by atoms with E-state index in [0.29, 0.717) is 5.92 Å². The standard InChI is InChI=1S/C28H36N4O3/c1-35-25-8-9-27-26(18-25)22(10-12-31-27)6-4-5-21-11-16-32(20-23(21)17-28(33)34)15-3-2-7-24-19-29-13-14-30-24/h8-10,12-14,18-19,21,23H,2-7,11,15-17,20H2,1H3,(H,33,34)/t21-,23+/m1/s1. The molecule has 7 heteroatoms. The molecule has 3 heterocycles. The Bertz CT molecular complexity index is 1090. The summed E-state index contributed by atoms with van der Waals surface area (Å²) < 4.78 is 5.40. The Hall–Kier alpha value is -3.06. The smallest absolute Gasteiger partial charge is 0.303 e. The van der Waals surface area contributed by atoms with Crippen LogP contribution >= 0.6 is 0 Å². The van der Waals surface area contributed by atoms with Gasteiger partial charge in [-0.05, 0) is 99.7 Å². The summed E-state index contributed by atoms with van der Waals surface area (Å²) in [6.45, 7) is 2.97. The monoisotopic (exact) mass is 476 g/mol. The number of fused-ring (bicyclic) bond motifs is 1. The second-order valence-electron chi connectivity index (χ2n) is 9.61. The molecule has 2 atom stereocenters. The van der Waals surface area contributed by atoms with Crippen LogP contribution in [0.4, 0.5) is 0 Å². The molecule has 0 bridgehead atoms. The lowest BCUT2D eigenvalue weighted by Gasteiger charge is -2.38. The zero-order valence-corrected chi connectivity index (χ0v) is 20.6. The van der Waals surface area contributed by atoms with E-state index in [1.165, 1.54) is 5.56 Å². The van der Waals surface area contributed by atoms with E-state index in [0.717, 1.165) is 86.9 Å². The predicted molar refractivity (Wildman–Crippen MR) is 136 cm³/mol. The summed E-state index contributed by atoms with van der Waals surface area (Å²) in [7, 11) is 1.68. The molecule has 3 aromatic rings. The fourth-order valence-electron chi connectivity index (χ4n) is 5.38. The summed E-state index contributed by atoms with van der Waals surface area (Å²) >= 11 is 0. The Kier molecular flexibility index (Phi) is 9.01. The summed E-state index contributed by atoms with van der Waals surface area (Å²) in [6, 6.07) is 8.11. The topological polar surface area (TPSA) is 88.4 Å². The SMILES string of the molecule is COc1ccc2nccc(CCC[C@@H]3CCN(CCCCc4cnccn4)C[C@@H]3CC(=O)O)c2c1. The van der Waals surface area contributed by atoms with Crippen molar-refractivity contribution < 1.29 is 14.6 Å². The lowest BCUT2D eigenvalue weighted by atomic mass is 9.79. The van der Waals surface area contributed by atoms with Crippen molar-refractivity contribution in [1.29, 1.82) is 0 Å². The van der Waals surface area contributed by atoms with Gasteiger partial charge in [0.1, 0.15) is 5.75 Å². The van der Waals surface area contributed by atoms with Gasteiger partial charge in [0.2, 0.25) is 0 Å². The van der Waals surface area contributed by atoms with Crippen LogP contribution in [-0.2, 0) is 17.6 Å². The summed E-state index contributed by atoms with van der Waals surface area (Å²) in [5, 5.41) is 10.7. The van der Waals surface area contributed by atoms with Crippen molar-refractivity contribution in [2.45, 2.75) is 51.4 Å². The molecule has 35 heavy (non-hydrogen) atoms. The minimum absolute atomic E-state index is 0.218. The average molecular weight is 477 g/mol. The van der Waals surface area contributed by atoms with E-state index in [1.54, 1.807) is 19.5 Å². The quantitative estimate of drug-likeness (QED) is 0.376. The van der Waals surface area contributed by atoms with Crippen LogP contribution in [-0.4, -0.2) is 57.7 Å². The highest BCUT2D eigenvalue weighted by atomic mass is 16.5. The third-order valence-corrected chi connectivity index (χ3v) is 7.25.